The van der Waals surface area contributed by atoms with Crippen LogP contribution in [0.25, 0.3) is 0 Å². The van der Waals surface area contributed by atoms with Crippen molar-refractivity contribution < 1.29 is 9.84 Å². The van der Waals surface area contributed by atoms with Gasteiger partial charge in [-0.3, -0.25) is 0 Å². The monoisotopic (exact) mass is 191 g/mol. The molecular formula is C8H17NO2S. The fourth-order valence-corrected chi connectivity index (χ4v) is 2.63. The highest BCUT2D eigenvalue weighted by Crippen LogP contribution is 2.28. The Morgan fingerprint density at radius 2 is 2.50 bits per heavy atom. The zero-order chi connectivity index (χ0) is 9.03. The molecule has 72 valence electrons. The van der Waals surface area contributed by atoms with E-state index in [1.165, 1.54) is 0 Å². The molecule has 0 spiro atoms. The molecule has 3 nitrogen and oxygen atoms in total. The zero-order valence-corrected chi connectivity index (χ0v) is 8.27. The summed E-state index contributed by atoms with van der Waals surface area (Å²) in [7, 11) is 1.61. The molecule has 1 heterocycles. The molecule has 1 saturated heterocycles. The standard InChI is InChI=1S/C8H17NO2S/c1-11-5-7(9)8(10)3-2-4-12-6-8/h7,10H,2-6,9H2,1H3. The normalized spacial score (nSPS) is 33.2. The van der Waals surface area contributed by atoms with Crippen molar-refractivity contribution in [1.82, 2.24) is 0 Å². The molecule has 4 heteroatoms. The molecule has 2 unspecified atom stereocenters. The van der Waals surface area contributed by atoms with Gasteiger partial charge < -0.3 is 15.6 Å². The first-order valence-electron chi connectivity index (χ1n) is 4.24. The molecule has 1 rings (SSSR count). The number of aliphatic hydroxyl groups is 1. The summed E-state index contributed by atoms with van der Waals surface area (Å²) in [5, 5.41) is 10.0. The van der Waals surface area contributed by atoms with Crippen molar-refractivity contribution in [3.05, 3.63) is 0 Å². The molecule has 0 aromatic carbocycles. The van der Waals surface area contributed by atoms with E-state index in [9.17, 15) is 5.11 Å². The van der Waals surface area contributed by atoms with Gasteiger partial charge in [-0.25, -0.2) is 0 Å². The lowest BCUT2D eigenvalue weighted by Gasteiger charge is -2.36. The van der Waals surface area contributed by atoms with Gasteiger partial charge in [-0.2, -0.15) is 11.8 Å². The van der Waals surface area contributed by atoms with Crippen molar-refractivity contribution >= 4 is 11.8 Å². The van der Waals surface area contributed by atoms with Crippen LogP contribution >= 0.6 is 11.8 Å². The molecular weight excluding hydrogens is 174 g/mol. The van der Waals surface area contributed by atoms with E-state index in [-0.39, 0.29) is 6.04 Å². The summed E-state index contributed by atoms with van der Waals surface area (Å²) in [5.41, 5.74) is 5.11. The van der Waals surface area contributed by atoms with Gasteiger partial charge >= 0.3 is 0 Å². The lowest BCUT2D eigenvalue weighted by molar-refractivity contribution is -0.000903. The molecule has 0 bridgehead atoms. The minimum absolute atomic E-state index is 0.240. The third kappa shape index (κ3) is 2.36. The van der Waals surface area contributed by atoms with Gasteiger partial charge in [-0.1, -0.05) is 0 Å². The smallest absolute Gasteiger partial charge is 0.0910 e. The van der Waals surface area contributed by atoms with Crippen LogP contribution in [0.1, 0.15) is 12.8 Å². The van der Waals surface area contributed by atoms with Gasteiger partial charge in [0.05, 0.1) is 18.2 Å². The average Bonchev–Trinajstić information content (AvgIpc) is 2.06. The molecule has 0 radical (unpaired) electrons. The first kappa shape index (κ1) is 10.3. The van der Waals surface area contributed by atoms with Gasteiger partial charge in [-0.05, 0) is 18.6 Å². The first-order valence-corrected chi connectivity index (χ1v) is 5.39. The molecule has 2 atom stereocenters. The van der Waals surface area contributed by atoms with E-state index >= 15 is 0 Å². The summed E-state index contributed by atoms with van der Waals surface area (Å²) in [6.45, 7) is 0.442. The molecule has 0 saturated carbocycles. The third-order valence-corrected chi connectivity index (χ3v) is 3.57. The lowest BCUT2D eigenvalue weighted by Crippen LogP contribution is -2.53. The minimum Gasteiger partial charge on any atom is -0.387 e. The van der Waals surface area contributed by atoms with Crippen LogP contribution in [-0.2, 0) is 4.74 Å². The first-order chi connectivity index (χ1) is 5.69. The Hall–Kier alpha value is 0.230. The Morgan fingerprint density at radius 1 is 1.75 bits per heavy atom. The maximum Gasteiger partial charge on any atom is 0.0910 e. The highest BCUT2D eigenvalue weighted by Gasteiger charge is 2.35. The van der Waals surface area contributed by atoms with Crippen molar-refractivity contribution in [2.24, 2.45) is 5.73 Å². The second-order valence-electron chi connectivity index (χ2n) is 3.32. The van der Waals surface area contributed by atoms with E-state index in [2.05, 4.69) is 0 Å². The van der Waals surface area contributed by atoms with Crippen molar-refractivity contribution in [1.29, 1.82) is 0 Å². The SMILES string of the molecule is COCC(N)C1(O)CCCSC1. The second kappa shape index (κ2) is 4.46. The van der Waals surface area contributed by atoms with Crippen LogP contribution in [0.15, 0.2) is 0 Å². The van der Waals surface area contributed by atoms with Crippen LogP contribution in [-0.4, -0.2) is 42.0 Å². The number of hydrogen-bond donors (Lipinski definition) is 2. The highest BCUT2D eigenvalue weighted by molar-refractivity contribution is 7.99. The highest BCUT2D eigenvalue weighted by atomic mass is 32.2. The predicted molar refractivity (Wildman–Crippen MR) is 51.4 cm³/mol. The van der Waals surface area contributed by atoms with E-state index in [4.69, 9.17) is 10.5 Å². The second-order valence-corrected chi connectivity index (χ2v) is 4.43. The van der Waals surface area contributed by atoms with Crippen LogP contribution in [0, 0.1) is 0 Å². The average molecular weight is 191 g/mol. The largest absolute Gasteiger partial charge is 0.387 e. The molecule has 0 aromatic heterocycles. The summed E-state index contributed by atoms with van der Waals surface area (Å²) in [4.78, 5) is 0. The summed E-state index contributed by atoms with van der Waals surface area (Å²) >= 11 is 1.77. The van der Waals surface area contributed by atoms with Crippen molar-refractivity contribution in [2.45, 2.75) is 24.5 Å². The van der Waals surface area contributed by atoms with E-state index in [0.29, 0.717) is 6.61 Å². The Labute approximate surface area is 77.7 Å². The maximum absolute atomic E-state index is 10.0. The lowest BCUT2D eigenvalue weighted by atomic mass is 9.92. The van der Waals surface area contributed by atoms with Gasteiger partial charge in [0, 0.05) is 12.9 Å². The predicted octanol–water partition coefficient (Wildman–Crippen LogP) is 0.218. The number of rotatable bonds is 3. The minimum atomic E-state index is -0.696. The maximum atomic E-state index is 10.0. The molecule has 0 amide bonds. The summed E-state index contributed by atoms with van der Waals surface area (Å²) in [6, 6.07) is -0.240. The molecule has 0 aliphatic carbocycles. The molecule has 1 aliphatic heterocycles. The van der Waals surface area contributed by atoms with E-state index in [1.54, 1.807) is 18.9 Å². The quantitative estimate of drug-likeness (QED) is 0.670. The summed E-state index contributed by atoms with van der Waals surface area (Å²) in [5.74, 6) is 1.89. The molecule has 0 aromatic rings. The number of thioether (sulfide) groups is 1. The van der Waals surface area contributed by atoms with Crippen LogP contribution < -0.4 is 5.73 Å². The molecule has 1 aliphatic rings. The topological polar surface area (TPSA) is 55.5 Å². The summed E-state index contributed by atoms with van der Waals surface area (Å²) < 4.78 is 4.93. The zero-order valence-electron chi connectivity index (χ0n) is 7.45. The Balaban J connectivity index is 2.44. The Kier molecular flexibility index (Phi) is 3.83. The third-order valence-electron chi connectivity index (χ3n) is 2.29. The fourth-order valence-electron chi connectivity index (χ4n) is 1.43. The van der Waals surface area contributed by atoms with E-state index in [0.717, 1.165) is 24.3 Å². The Morgan fingerprint density at radius 3 is 3.00 bits per heavy atom. The Bertz CT molecular complexity index is 137. The van der Waals surface area contributed by atoms with Gasteiger partial charge in [0.15, 0.2) is 0 Å². The van der Waals surface area contributed by atoms with Gasteiger partial charge in [-0.15, -0.1) is 0 Å². The molecule has 12 heavy (non-hydrogen) atoms. The van der Waals surface area contributed by atoms with Gasteiger partial charge in [0.2, 0.25) is 0 Å². The number of methoxy groups -OCH3 is 1. The molecule has 3 N–H and O–H groups in total. The van der Waals surface area contributed by atoms with Crippen molar-refractivity contribution in [3.63, 3.8) is 0 Å². The van der Waals surface area contributed by atoms with E-state index < -0.39 is 5.60 Å². The van der Waals surface area contributed by atoms with E-state index in [1.807, 2.05) is 0 Å². The van der Waals surface area contributed by atoms with Gasteiger partial charge in [0.1, 0.15) is 0 Å². The fraction of sp³-hybridized carbons (Fsp3) is 1.00. The number of nitrogens with two attached hydrogens (primary N) is 1. The number of hydrogen-bond acceptors (Lipinski definition) is 4. The summed E-state index contributed by atoms with van der Waals surface area (Å²) in [6.07, 6.45) is 1.86. The number of ether oxygens (including phenoxy) is 1. The van der Waals surface area contributed by atoms with Crippen LogP contribution in [0.4, 0.5) is 0 Å². The van der Waals surface area contributed by atoms with Crippen molar-refractivity contribution in [3.8, 4) is 0 Å². The van der Waals surface area contributed by atoms with Crippen molar-refractivity contribution in [2.75, 3.05) is 25.2 Å². The molecule has 1 fully saturated rings. The van der Waals surface area contributed by atoms with Crippen LogP contribution in [0.5, 0.6) is 0 Å². The van der Waals surface area contributed by atoms with Crippen LogP contribution in [0.3, 0.4) is 0 Å². The van der Waals surface area contributed by atoms with Gasteiger partial charge in [0.25, 0.3) is 0 Å². The van der Waals surface area contributed by atoms with Crippen LogP contribution in [0.2, 0.25) is 0 Å².